The fourth-order valence-corrected chi connectivity index (χ4v) is 1.65. The first-order chi connectivity index (χ1) is 8.63. The second-order valence-corrected chi connectivity index (χ2v) is 4.74. The lowest BCUT2D eigenvalue weighted by Crippen LogP contribution is -2.28. The van der Waals surface area contributed by atoms with Crippen LogP contribution < -0.4 is 10.1 Å². The van der Waals surface area contributed by atoms with Crippen LogP contribution in [0.4, 0.5) is 0 Å². The minimum atomic E-state index is -0.0382. The molecule has 1 aromatic rings. The van der Waals surface area contributed by atoms with E-state index in [1.165, 1.54) is 5.56 Å². The monoisotopic (exact) mass is 269 g/mol. The number of alkyl halides is 1. The number of halogens is 1. The van der Waals surface area contributed by atoms with Crippen LogP contribution in [0.25, 0.3) is 0 Å². The number of benzene rings is 1. The Morgan fingerprint density at radius 3 is 2.56 bits per heavy atom. The molecule has 3 nitrogen and oxygen atoms in total. The fraction of sp³-hybridized carbons (Fsp3) is 0.500. The van der Waals surface area contributed by atoms with Gasteiger partial charge in [0.1, 0.15) is 12.4 Å². The van der Waals surface area contributed by atoms with Crippen LogP contribution in [0, 0.1) is 0 Å². The highest BCUT2D eigenvalue weighted by atomic mass is 35.5. The number of carbonyl (C=O) groups excluding carboxylic acids is 1. The molecule has 1 N–H and O–H groups in total. The Kier molecular flexibility index (Phi) is 6.58. The summed E-state index contributed by atoms with van der Waals surface area (Å²) in [5.41, 5.74) is 1.29. The van der Waals surface area contributed by atoms with Crippen LogP contribution >= 0.6 is 11.6 Å². The van der Waals surface area contributed by atoms with Crippen LogP contribution in [0.5, 0.6) is 5.75 Å². The van der Waals surface area contributed by atoms with E-state index in [-0.39, 0.29) is 5.91 Å². The smallest absolute Gasteiger partial charge is 0.221 e. The minimum Gasteiger partial charge on any atom is -0.492 e. The number of ether oxygens (including phenoxy) is 1. The van der Waals surface area contributed by atoms with Gasteiger partial charge in [0.05, 0.1) is 6.54 Å². The third-order valence-corrected chi connectivity index (χ3v) is 2.75. The number of hydrogen-bond donors (Lipinski definition) is 1. The number of nitrogens with one attached hydrogen (secondary N) is 1. The molecule has 100 valence electrons. The SMILES string of the molecule is CC(C)c1ccc(OCCNC(=O)CCCl)cc1. The first-order valence-corrected chi connectivity index (χ1v) is 6.72. The van der Waals surface area contributed by atoms with Crippen molar-refractivity contribution in [3.63, 3.8) is 0 Å². The maximum Gasteiger partial charge on any atom is 0.221 e. The zero-order valence-electron chi connectivity index (χ0n) is 10.9. The molecule has 0 heterocycles. The Balaban J connectivity index is 2.25. The van der Waals surface area contributed by atoms with Gasteiger partial charge in [-0.2, -0.15) is 0 Å². The molecular weight excluding hydrogens is 250 g/mol. The molecule has 0 aromatic heterocycles. The average molecular weight is 270 g/mol. The molecule has 1 rings (SSSR count). The Labute approximate surface area is 113 Å². The topological polar surface area (TPSA) is 38.3 Å². The zero-order valence-corrected chi connectivity index (χ0v) is 11.7. The quantitative estimate of drug-likeness (QED) is 0.611. The van der Waals surface area contributed by atoms with Gasteiger partial charge in [-0.25, -0.2) is 0 Å². The average Bonchev–Trinajstić information content (AvgIpc) is 2.35. The molecule has 0 radical (unpaired) electrons. The molecule has 0 atom stereocenters. The van der Waals surface area contributed by atoms with Gasteiger partial charge in [-0.15, -0.1) is 11.6 Å². The molecule has 18 heavy (non-hydrogen) atoms. The minimum absolute atomic E-state index is 0.0382. The fourth-order valence-electron chi connectivity index (χ4n) is 1.48. The van der Waals surface area contributed by atoms with Crippen molar-refractivity contribution in [3.05, 3.63) is 29.8 Å². The largest absolute Gasteiger partial charge is 0.492 e. The van der Waals surface area contributed by atoms with Crippen molar-refractivity contribution in [2.75, 3.05) is 19.0 Å². The molecular formula is C14H20ClNO2. The molecule has 0 saturated carbocycles. The predicted molar refractivity (Wildman–Crippen MR) is 74.4 cm³/mol. The van der Waals surface area contributed by atoms with Gasteiger partial charge in [-0.1, -0.05) is 26.0 Å². The highest BCUT2D eigenvalue weighted by molar-refractivity contribution is 6.18. The molecule has 0 bridgehead atoms. The summed E-state index contributed by atoms with van der Waals surface area (Å²) in [5, 5.41) is 2.74. The van der Waals surface area contributed by atoms with Crippen molar-refractivity contribution < 1.29 is 9.53 Å². The van der Waals surface area contributed by atoms with Gasteiger partial charge in [0, 0.05) is 12.3 Å². The van der Waals surface area contributed by atoms with Crippen LogP contribution in [0.15, 0.2) is 24.3 Å². The molecule has 1 amide bonds. The summed E-state index contributed by atoms with van der Waals surface area (Å²) in [6, 6.07) is 8.03. The predicted octanol–water partition coefficient (Wildman–Crippen LogP) is 2.93. The number of hydrogen-bond acceptors (Lipinski definition) is 2. The Hall–Kier alpha value is -1.22. The first kappa shape index (κ1) is 14.8. The second kappa shape index (κ2) is 7.98. The van der Waals surface area contributed by atoms with Gasteiger partial charge >= 0.3 is 0 Å². The molecule has 0 saturated heterocycles. The van der Waals surface area contributed by atoms with Crippen LogP contribution in [0.3, 0.4) is 0 Å². The molecule has 4 heteroatoms. The number of amides is 1. The molecule has 0 aliphatic carbocycles. The van der Waals surface area contributed by atoms with E-state index in [1.54, 1.807) is 0 Å². The third-order valence-electron chi connectivity index (χ3n) is 2.56. The van der Waals surface area contributed by atoms with Gasteiger partial charge in [0.2, 0.25) is 5.91 Å². The highest BCUT2D eigenvalue weighted by Crippen LogP contribution is 2.18. The standard InChI is InChI=1S/C14H20ClNO2/c1-11(2)12-3-5-13(6-4-12)18-10-9-16-14(17)7-8-15/h3-6,11H,7-10H2,1-2H3,(H,16,17). The zero-order chi connectivity index (χ0) is 13.4. The van der Waals surface area contributed by atoms with Crippen molar-refractivity contribution in [3.8, 4) is 5.75 Å². The van der Waals surface area contributed by atoms with E-state index in [0.29, 0.717) is 31.4 Å². The van der Waals surface area contributed by atoms with Crippen molar-refractivity contribution in [1.29, 1.82) is 0 Å². The second-order valence-electron chi connectivity index (χ2n) is 4.36. The van der Waals surface area contributed by atoms with Crippen molar-refractivity contribution in [1.82, 2.24) is 5.32 Å². The Bertz CT molecular complexity index is 363. The summed E-state index contributed by atoms with van der Waals surface area (Å²) in [6.45, 7) is 5.28. The summed E-state index contributed by atoms with van der Waals surface area (Å²) in [7, 11) is 0. The first-order valence-electron chi connectivity index (χ1n) is 6.19. The number of rotatable bonds is 7. The number of carbonyl (C=O) groups is 1. The van der Waals surface area contributed by atoms with E-state index in [1.807, 2.05) is 12.1 Å². The van der Waals surface area contributed by atoms with Gasteiger partial charge in [0.15, 0.2) is 0 Å². The lowest BCUT2D eigenvalue weighted by molar-refractivity contribution is -0.120. The van der Waals surface area contributed by atoms with Crippen molar-refractivity contribution >= 4 is 17.5 Å². The van der Waals surface area contributed by atoms with Crippen molar-refractivity contribution in [2.45, 2.75) is 26.2 Å². The van der Waals surface area contributed by atoms with Crippen LogP contribution in [0.1, 0.15) is 31.7 Å². The van der Waals surface area contributed by atoms with Gasteiger partial charge in [-0.05, 0) is 23.6 Å². The molecule has 0 aliphatic rings. The van der Waals surface area contributed by atoms with Gasteiger partial charge in [0.25, 0.3) is 0 Å². The van der Waals surface area contributed by atoms with Gasteiger partial charge < -0.3 is 10.1 Å². The summed E-state index contributed by atoms with van der Waals surface area (Å²) in [6.07, 6.45) is 0.352. The maximum atomic E-state index is 11.1. The maximum absolute atomic E-state index is 11.1. The third kappa shape index (κ3) is 5.41. The molecule has 0 spiro atoms. The van der Waals surface area contributed by atoms with Crippen LogP contribution in [0.2, 0.25) is 0 Å². The van der Waals surface area contributed by atoms with Crippen LogP contribution in [-0.4, -0.2) is 24.9 Å². The Morgan fingerprint density at radius 1 is 1.33 bits per heavy atom. The lowest BCUT2D eigenvalue weighted by atomic mass is 10.0. The Morgan fingerprint density at radius 2 is 2.00 bits per heavy atom. The van der Waals surface area contributed by atoms with E-state index in [4.69, 9.17) is 16.3 Å². The molecule has 1 aromatic carbocycles. The highest BCUT2D eigenvalue weighted by Gasteiger charge is 2.01. The van der Waals surface area contributed by atoms with E-state index < -0.39 is 0 Å². The summed E-state index contributed by atoms with van der Waals surface area (Å²) in [5.74, 6) is 1.66. The molecule has 0 unspecified atom stereocenters. The normalized spacial score (nSPS) is 10.4. The van der Waals surface area contributed by atoms with E-state index in [2.05, 4.69) is 31.3 Å². The molecule has 0 aliphatic heterocycles. The van der Waals surface area contributed by atoms with Gasteiger partial charge in [-0.3, -0.25) is 4.79 Å². The van der Waals surface area contributed by atoms with E-state index >= 15 is 0 Å². The molecule has 0 fully saturated rings. The van der Waals surface area contributed by atoms with Crippen LogP contribution in [-0.2, 0) is 4.79 Å². The summed E-state index contributed by atoms with van der Waals surface area (Å²) >= 11 is 5.45. The van der Waals surface area contributed by atoms with Crippen molar-refractivity contribution in [2.24, 2.45) is 0 Å². The summed E-state index contributed by atoms with van der Waals surface area (Å²) < 4.78 is 5.52. The van der Waals surface area contributed by atoms with E-state index in [9.17, 15) is 4.79 Å². The van der Waals surface area contributed by atoms with E-state index in [0.717, 1.165) is 5.75 Å². The summed E-state index contributed by atoms with van der Waals surface area (Å²) in [4.78, 5) is 11.1. The lowest BCUT2D eigenvalue weighted by Gasteiger charge is -2.09.